The van der Waals surface area contributed by atoms with E-state index in [1.54, 1.807) is 0 Å². The number of rotatable bonds is 9. The number of nitrogens with zero attached hydrogens (tertiary/aromatic N) is 1. The number of hydrogen-bond donors (Lipinski definition) is 1. The van der Waals surface area contributed by atoms with Crippen LogP contribution in [-0.2, 0) is 4.74 Å². The van der Waals surface area contributed by atoms with E-state index in [2.05, 4.69) is 49.3 Å². The fraction of sp³-hybridized carbons (Fsp3) is 0.667. The van der Waals surface area contributed by atoms with Crippen molar-refractivity contribution in [2.24, 2.45) is 5.92 Å². The molecule has 1 aliphatic rings. The first-order valence-electron chi connectivity index (χ1n) is 8.11. The predicted molar refractivity (Wildman–Crippen MR) is 88.8 cm³/mol. The van der Waals surface area contributed by atoms with E-state index in [0.717, 1.165) is 32.2 Å². The summed E-state index contributed by atoms with van der Waals surface area (Å²) >= 11 is 0. The highest BCUT2D eigenvalue weighted by Gasteiger charge is 2.21. The van der Waals surface area contributed by atoms with E-state index in [4.69, 9.17) is 4.74 Å². The zero-order chi connectivity index (χ0) is 15.2. The lowest BCUT2D eigenvalue weighted by Crippen LogP contribution is -2.33. The molecular weight excluding hydrogens is 260 g/mol. The maximum atomic E-state index is 5.73. The zero-order valence-corrected chi connectivity index (χ0v) is 14.0. The highest BCUT2D eigenvalue weighted by atomic mass is 16.5. The number of ether oxygens (including phenoxy) is 1. The van der Waals surface area contributed by atoms with E-state index in [1.165, 1.54) is 29.5 Å². The fourth-order valence-electron chi connectivity index (χ4n) is 2.72. The Bertz CT molecular complexity index is 443. The Labute approximate surface area is 129 Å². The summed E-state index contributed by atoms with van der Waals surface area (Å²) < 4.78 is 5.73. The SMILES string of the molecule is CNC(CN(C)CCOCC1CC1)c1ccc(C)cc1C. The Morgan fingerprint density at radius 3 is 2.71 bits per heavy atom. The first kappa shape index (κ1) is 16.5. The normalized spacial score (nSPS) is 16.4. The molecule has 118 valence electrons. The van der Waals surface area contributed by atoms with Gasteiger partial charge in [0.15, 0.2) is 0 Å². The Kier molecular flexibility index (Phi) is 6.22. The number of hydrogen-bond acceptors (Lipinski definition) is 3. The van der Waals surface area contributed by atoms with Crippen molar-refractivity contribution in [2.45, 2.75) is 32.7 Å². The molecule has 1 fully saturated rings. The molecule has 2 rings (SSSR count). The Hall–Kier alpha value is -0.900. The molecule has 0 bridgehead atoms. The lowest BCUT2D eigenvalue weighted by molar-refractivity contribution is 0.101. The minimum atomic E-state index is 0.374. The molecule has 0 heterocycles. The van der Waals surface area contributed by atoms with Crippen LogP contribution in [-0.4, -0.2) is 45.3 Å². The van der Waals surface area contributed by atoms with E-state index in [1.807, 2.05) is 7.05 Å². The Morgan fingerprint density at radius 1 is 1.33 bits per heavy atom. The maximum absolute atomic E-state index is 5.73. The molecule has 0 saturated heterocycles. The van der Waals surface area contributed by atoms with Crippen molar-refractivity contribution in [2.75, 3.05) is 40.4 Å². The van der Waals surface area contributed by atoms with Crippen molar-refractivity contribution >= 4 is 0 Å². The molecule has 1 unspecified atom stereocenters. The minimum absolute atomic E-state index is 0.374. The van der Waals surface area contributed by atoms with Gasteiger partial charge in [-0.2, -0.15) is 0 Å². The second-order valence-corrected chi connectivity index (χ2v) is 6.48. The largest absolute Gasteiger partial charge is 0.380 e. The van der Waals surface area contributed by atoms with Crippen LogP contribution in [0.5, 0.6) is 0 Å². The smallest absolute Gasteiger partial charge is 0.0593 e. The summed E-state index contributed by atoms with van der Waals surface area (Å²) in [7, 11) is 4.22. The number of nitrogens with one attached hydrogen (secondary N) is 1. The number of likely N-dealkylation sites (N-methyl/N-ethyl adjacent to an activating group) is 2. The molecular formula is C18H30N2O. The summed E-state index contributed by atoms with van der Waals surface area (Å²) in [4.78, 5) is 2.35. The minimum Gasteiger partial charge on any atom is -0.380 e. The van der Waals surface area contributed by atoms with Crippen LogP contribution in [0.2, 0.25) is 0 Å². The quantitative estimate of drug-likeness (QED) is 0.708. The van der Waals surface area contributed by atoms with Crippen molar-refractivity contribution in [1.29, 1.82) is 0 Å². The second kappa shape index (κ2) is 7.92. The predicted octanol–water partition coefficient (Wildman–Crippen LogP) is 2.92. The van der Waals surface area contributed by atoms with Gasteiger partial charge in [-0.3, -0.25) is 0 Å². The fourth-order valence-corrected chi connectivity index (χ4v) is 2.72. The van der Waals surface area contributed by atoms with Crippen LogP contribution in [0.4, 0.5) is 0 Å². The van der Waals surface area contributed by atoms with Gasteiger partial charge >= 0.3 is 0 Å². The van der Waals surface area contributed by atoms with Gasteiger partial charge in [0.25, 0.3) is 0 Å². The van der Waals surface area contributed by atoms with Crippen LogP contribution in [0.3, 0.4) is 0 Å². The third kappa shape index (κ3) is 5.42. The van der Waals surface area contributed by atoms with Crippen molar-refractivity contribution in [3.63, 3.8) is 0 Å². The summed E-state index contributed by atoms with van der Waals surface area (Å²) in [6, 6.07) is 7.09. The molecule has 3 heteroatoms. The first-order valence-corrected chi connectivity index (χ1v) is 8.11. The summed E-state index contributed by atoms with van der Waals surface area (Å²) in [5, 5.41) is 3.45. The third-order valence-corrected chi connectivity index (χ3v) is 4.31. The lowest BCUT2D eigenvalue weighted by atomic mass is 9.99. The van der Waals surface area contributed by atoms with Crippen LogP contribution in [0.15, 0.2) is 18.2 Å². The van der Waals surface area contributed by atoms with Gasteiger partial charge in [-0.15, -0.1) is 0 Å². The summed E-state index contributed by atoms with van der Waals surface area (Å²) in [5.41, 5.74) is 4.09. The average molecular weight is 290 g/mol. The summed E-state index contributed by atoms with van der Waals surface area (Å²) in [5.74, 6) is 0.857. The van der Waals surface area contributed by atoms with Gasteiger partial charge in [0.05, 0.1) is 6.61 Å². The lowest BCUT2D eigenvalue weighted by Gasteiger charge is -2.25. The highest BCUT2D eigenvalue weighted by molar-refractivity contribution is 5.33. The molecule has 1 N–H and O–H groups in total. The van der Waals surface area contributed by atoms with E-state index >= 15 is 0 Å². The third-order valence-electron chi connectivity index (χ3n) is 4.31. The van der Waals surface area contributed by atoms with Crippen LogP contribution >= 0.6 is 0 Å². The molecule has 1 atom stereocenters. The topological polar surface area (TPSA) is 24.5 Å². The number of aryl methyl sites for hydroxylation is 2. The molecule has 1 aromatic rings. The summed E-state index contributed by atoms with van der Waals surface area (Å²) in [6.07, 6.45) is 2.73. The van der Waals surface area contributed by atoms with Gasteiger partial charge in [0, 0.05) is 25.7 Å². The second-order valence-electron chi connectivity index (χ2n) is 6.48. The molecule has 3 nitrogen and oxygen atoms in total. The number of benzene rings is 1. The average Bonchev–Trinajstić information content (AvgIpc) is 3.26. The summed E-state index contributed by atoms with van der Waals surface area (Å²) in [6.45, 7) is 8.15. The van der Waals surface area contributed by atoms with Gasteiger partial charge in [-0.05, 0) is 57.8 Å². The van der Waals surface area contributed by atoms with E-state index in [0.29, 0.717) is 6.04 Å². The van der Waals surface area contributed by atoms with Gasteiger partial charge in [-0.1, -0.05) is 23.8 Å². The molecule has 0 radical (unpaired) electrons. The Morgan fingerprint density at radius 2 is 2.10 bits per heavy atom. The molecule has 1 aromatic carbocycles. The van der Waals surface area contributed by atoms with Crippen molar-refractivity contribution in [3.05, 3.63) is 34.9 Å². The first-order chi connectivity index (χ1) is 10.1. The highest BCUT2D eigenvalue weighted by Crippen LogP contribution is 2.28. The van der Waals surface area contributed by atoms with E-state index in [-0.39, 0.29) is 0 Å². The Balaban J connectivity index is 1.79. The van der Waals surface area contributed by atoms with Gasteiger partial charge in [-0.25, -0.2) is 0 Å². The van der Waals surface area contributed by atoms with Crippen LogP contribution in [0.25, 0.3) is 0 Å². The van der Waals surface area contributed by atoms with E-state index < -0.39 is 0 Å². The van der Waals surface area contributed by atoms with Crippen molar-refractivity contribution < 1.29 is 4.74 Å². The maximum Gasteiger partial charge on any atom is 0.0593 e. The standard InChI is InChI=1S/C18H30N2O/c1-14-5-8-17(15(2)11-14)18(19-3)12-20(4)9-10-21-13-16-6-7-16/h5,8,11,16,18-19H,6-7,9-10,12-13H2,1-4H3. The van der Waals surface area contributed by atoms with Crippen LogP contribution in [0, 0.1) is 19.8 Å². The molecule has 0 aliphatic heterocycles. The van der Waals surface area contributed by atoms with Crippen LogP contribution < -0.4 is 5.32 Å². The van der Waals surface area contributed by atoms with Crippen LogP contribution in [0.1, 0.15) is 35.6 Å². The van der Waals surface area contributed by atoms with Gasteiger partial charge < -0.3 is 15.0 Å². The van der Waals surface area contributed by atoms with E-state index in [9.17, 15) is 0 Å². The molecule has 1 saturated carbocycles. The molecule has 21 heavy (non-hydrogen) atoms. The molecule has 0 spiro atoms. The van der Waals surface area contributed by atoms with Gasteiger partial charge in [0.2, 0.25) is 0 Å². The zero-order valence-electron chi connectivity index (χ0n) is 14.0. The van der Waals surface area contributed by atoms with Crippen molar-refractivity contribution in [1.82, 2.24) is 10.2 Å². The monoisotopic (exact) mass is 290 g/mol. The van der Waals surface area contributed by atoms with Crippen molar-refractivity contribution in [3.8, 4) is 0 Å². The molecule has 0 amide bonds. The van der Waals surface area contributed by atoms with Gasteiger partial charge in [0.1, 0.15) is 0 Å². The molecule has 0 aromatic heterocycles. The molecule has 1 aliphatic carbocycles.